The molecule has 1 fully saturated rings. The second kappa shape index (κ2) is 15.0. The molecule has 0 unspecified atom stereocenters. The highest BCUT2D eigenvalue weighted by molar-refractivity contribution is 6.05. The van der Waals surface area contributed by atoms with Crippen LogP contribution in [-0.4, -0.2) is 70.3 Å². The number of ether oxygens (including phenoxy) is 1. The van der Waals surface area contributed by atoms with Gasteiger partial charge in [-0.3, -0.25) is 24.2 Å². The van der Waals surface area contributed by atoms with Crippen molar-refractivity contribution in [3.05, 3.63) is 65.3 Å². The van der Waals surface area contributed by atoms with E-state index in [2.05, 4.69) is 42.3 Å². The van der Waals surface area contributed by atoms with Crippen LogP contribution in [0, 0.1) is 12.9 Å². The number of carbonyl (C=O) groups excluding carboxylic acids is 2. The molecule has 214 valence electrons. The molecule has 4 heterocycles. The van der Waals surface area contributed by atoms with Crippen LogP contribution in [0.15, 0.2) is 36.9 Å². The summed E-state index contributed by atoms with van der Waals surface area (Å²) in [4.78, 5) is 35.5. The number of amides is 2. The second-order valence-electron chi connectivity index (χ2n) is 9.68. The van der Waals surface area contributed by atoms with Crippen molar-refractivity contribution >= 4 is 34.8 Å². The van der Waals surface area contributed by atoms with Crippen molar-refractivity contribution in [2.45, 2.75) is 39.5 Å². The summed E-state index contributed by atoms with van der Waals surface area (Å²) >= 11 is 0. The summed E-state index contributed by atoms with van der Waals surface area (Å²) in [6.07, 6.45) is 12.4. The summed E-state index contributed by atoms with van der Waals surface area (Å²) in [7, 11) is 5.12. The molecule has 0 atom stereocenters. The standard InChI is InChI=1S/C27H32FN7O2.C2H6O/c1-4-7-19(22-14-31-34(3)16-22)10-20-11-21(13-29-18(20)2)27(37)33-24-12-23(15-30-26(24)28)32-25(36)17-35-8-5-6-9-35;1-3-2/h10-16H,4-9,17H2,1-3H3,(H,32,36)(H,33,37);1-2H3/b19-10+;. The number of nitrogens with zero attached hydrogens (tertiary/aromatic N) is 5. The Morgan fingerprint density at radius 3 is 2.45 bits per heavy atom. The van der Waals surface area contributed by atoms with Gasteiger partial charge in [-0.05, 0) is 68.6 Å². The fourth-order valence-electron chi connectivity index (χ4n) is 4.31. The average Bonchev–Trinajstić information content (AvgIpc) is 3.59. The number of aromatic nitrogens is 4. The molecular weight excluding hydrogens is 513 g/mol. The van der Waals surface area contributed by atoms with Crippen LogP contribution >= 0.6 is 0 Å². The molecule has 1 saturated heterocycles. The number of pyridine rings is 2. The van der Waals surface area contributed by atoms with Crippen molar-refractivity contribution in [1.29, 1.82) is 0 Å². The zero-order chi connectivity index (χ0) is 29.1. The molecule has 3 aromatic rings. The fraction of sp³-hybridized carbons (Fsp3) is 0.414. The monoisotopic (exact) mass is 551 g/mol. The largest absolute Gasteiger partial charge is 0.388 e. The maximum absolute atomic E-state index is 14.4. The third-order valence-corrected chi connectivity index (χ3v) is 6.25. The maximum atomic E-state index is 14.4. The summed E-state index contributed by atoms with van der Waals surface area (Å²) < 4.78 is 20.4. The Hall–Kier alpha value is -3.96. The number of hydrogen-bond donors (Lipinski definition) is 2. The van der Waals surface area contributed by atoms with Crippen LogP contribution in [0.2, 0.25) is 0 Å². The van der Waals surface area contributed by atoms with Gasteiger partial charge in [0.05, 0.1) is 35.9 Å². The van der Waals surface area contributed by atoms with Crippen molar-refractivity contribution < 1.29 is 18.7 Å². The number of hydrogen-bond acceptors (Lipinski definition) is 7. The summed E-state index contributed by atoms with van der Waals surface area (Å²) in [6, 6.07) is 3.10. The lowest BCUT2D eigenvalue weighted by molar-refractivity contribution is -0.117. The quantitative estimate of drug-likeness (QED) is 0.375. The Morgan fingerprint density at radius 2 is 1.80 bits per heavy atom. The highest BCUT2D eigenvalue weighted by atomic mass is 19.1. The van der Waals surface area contributed by atoms with Crippen LogP contribution in [0.5, 0.6) is 0 Å². The maximum Gasteiger partial charge on any atom is 0.257 e. The van der Waals surface area contributed by atoms with E-state index in [1.54, 1.807) is 25.0 Å². The molecule has 0 spiro atoms. The van der Waals surface area contributed by atoms with Gasteiger partial charge in [-0.25, -0.2) is 4.98 Å². The van der Waals surface area contributed by atoms with Gasteiger partial charge in [-0.1, -0.05) is 13.3 Å². The smallest absolute Gasteiger partial charge is 0.257 e. The molecular formula is C29H38FN7O3. The molecule has 1 aliphatic heterocycles. The molecule has 4 rings (SSSR count). The van der Waals surface area contributed by atoms with Crippen LogP contribution in [0.3, 0.4) is 0 Å². The van der Waals surface area contributed by atoms with Gasteiger partial charge in [-0.15, -0.1) is 0 Å². The fourth-order valence-corrected chi connectivity index (χ4v) is 4.31. The number of allylic oxidation sites excluding steroid dienone is 1. The number of carbonyl (C=O) groups is 2. The van der Waals surface area contributed by atoms with Gasteiger partial charge in [0.25, 0.3) is 5.91 Å². The van der Waals surface area contributed by atoms with Gasteiger partial charge < -0.3 is 15.4 Å². The molecule has 0 aromatic carbocycles. The Bertz CT molecular complexity index is 1330. The van der Waals surface area contributed by atoms with Crippen molar-refractivity contribution in [2.75, 3.05) is 44.5 Å². The van der Waals surface area contributed by atoms with E-state index in [1.807, 2.05) is 32.4 Å². The first-order valence-corrected chi connectivity index (χ1v) is 13.3. The third-order valence-electron chi connectivity index (χ3n) is 6.25. The molecule has 0 saturated carbocycles. The molecule has 0 radical (unpaired) electrons. The van der Waals surface area contributed by atoms with Crippen LogP contribution < -0.4 is 10.6 Å². The average molecular weight is 552 g/mol. The van der Waals surface area contributed by atoms with Gasteiger partial charge in [0.1, 0.15) is 0 Å². The first-order valence-electron chi connectivity index (χ1n) is 13.3. The molecule has 0 aliphatic carbocycles. The molecule has 1 aliphatic rings. The van der Waals surface area contributed by atoms with Gasteiger partial charge >= 0.3 is 0 Å². The summed E-state index contributed by atoms with van der Waals surface area (Å²) in [6.45, 7) is 6.02. The van der Waals surface area contributed by atoms with E-state index < -0.39 is 11.9 Å². The predicted molar refractivity (Wildman–Crippen MR) is 154 cm³/mol. The number of anilines is 2. The molecule has 11 heteroatoms. The highest BCUT2D eigenvalue weighted by Crippen LogP contribution is 2.25. The van der Waals surface area contributed by atoms with E-state index in [1.165, 1.54) is 18.5 Å². The van der Waals surface area contributed by atoms with E-state index in [-0.39, 0.29) is 23.7 Å². The SMILES string of the molecule is CCC/C(=C\c1cc(C(=O)Nc2cc(NC(=O)CN3CCCC3)cnc2F)cnc1C)c1cnn(C)c1.COC. The first-order chi connectivity index (χ1) is 19.2. The summed E-state index contributed by atoms with van der Waals surface area (Å²) in [5, 5.41) is 9.55. The predicted octanol–water partition coefficient (Wildman–Crippen LogP) is 4.55. The van der Waals surface area contributed by atoms with Crippen LogP contribution in [0.4, 0.5) is 15.8 Å². The summed E-state index contributed by atoms with van der Waals surface area (Å²) in [5.41, 5.74) is 4.13. The Labute approximate surface area is 234 Å². The van der Waals surface area contributed by atoms with Gasteiger partial charge in [0, 0.05) is 44.9 Å². The van der Waals surface area contributed by atoms with E-state index >= 15 is 0 Å². The lowest BCUT2D eigenvalue weighted by atomic mass is 10.00. The number of halogens is 1. The molecule has 2 N–H and O–H groups in total. The van der Waals surface area contributed by atoms with E-state index in [0.717, 1.165) is 61.2 Å². The number of methoxy groups -OCH3 is 1. The second-order valence-corrected chi connectivity index (χ2v) is 9.68. The lowest BCUT2D eigenvalue weighted by Gasteiger charge is -2.14. The van der Waals surface area contributed by atoms with E-state index in [4.69, 9.17) is 0 Å². The number of nitrogens with one attached hydrogen (secondary N) is 2. The van der Waals surface area contributed by atoms with Crippen LogP contribution in [0.25, 0.3) is 11.6 Å². The molecule has 2 amide bonds. The van der Waals surface area contributed by atoms with Gasteiger partial charge in [0.2, 0.25) is 11.9 Å². The summed E-state index contributed by atoms with van der Waals surface area (Å²) in [5.74, 6) is -1.57. The zero-order valence-corrected chi connectivity index (χ0v) is 23.8. The van der Waals surface area contributed by atoms with Crippen LogP contribution in [0.1, 0.15) is 59.8 Å². The molecule has 3 aromatic heterocycles. The van der Waals surface area contributed by atoms with Gasteiger partial charge in [0.15, 0.2) is 0 Å². The molecule has 40 heavy (non-hydrogen) atoms. The van der Waals surface area contributed by atoms with Crippen molar-refractivity contribution in [2.24, 2.45) is 7.05 Å². The zero-order valence-electron chi connectivity index (χ0n) is 23.8. The highest BCUT2D eigenvalue weighted by Gasteiger charge is 2.17. The normalized spacial score (nSPS) is 13.5. The first kappa shape index (κ1) is 30.6. The number of likely N-dealkylation sites (tertiary alicyclic amines) is 1. The van der Waals surface area contributed by atoms with Crippen LogP contribution in [-0.2, 0) is 16.6 Å². The number of aryl methyl sites for hydroxylation is 2. The third kappa shape index (κ3) is 8.78. The van der Waals surface area contributed by atoms with E-state index in [0.29, 0.717) is 5.69 Å². The minimum absolute atomic E-state index is 0.122. The molecule has 10 nitrogen and oxygen atoms in total. The Kier molecular flexibility index (Phi) is 11.5. The topological polar surface area (TPSA) is 114 Å². The van der Waals surface area contributed by atoms with Gasteiger partial charge in [-0.2, -0.15) is 9.49 Å². The number of rotatable bonds is 9. The van der Waals surface area contributed by atoms with Crippen molar-refractivity contribution in [3.63, 3.8) is 0 Å². The van der Waals surface area contributed by atoms with E-state index in [9.17, 15) is 14.0 Å². The Morgan fingerprint density at radius 1 is 1.07 bits per heavy atom. The molecule has 0 bridgehead atoms. The minimum atomic E-state index is -0.840. The van der Waals surface area contributed by atoms with Crippen molar-refractivity contribution in [1.82, 2.24) is 24.6 Å². The minimum Gasteiger partial charge on any atom is -0.388 e. The Balaban J connectivity index is 0.00000141. The lowest BCUT2D eigenvalue weighted by Crippen LogP contribution is -2.31. The van der Waals surface area contributed by atoms with Crippen molar-refractivity contribution in [3.8, 4) is 0 Å².